The molecule has 0 atom stereocenters. The molecule has 4 aliphatic rings. The lowest BCUT2D eigenvalue weighted by Gasteiger charge is -2.36. The van der Waals surface area contributed by atoms with Crippen LogP contribution in [0, 0.1) is 46.9 Å². The molecular formula is C51H55F11O3. The number of hydrogen-bond donors (Lipinski definition) is 0. The van der Waals surface area contributed by atoms with E-state index in [0.717, 1.165) is 66.5 Å². The maximum atomic E-state index is 14.6. The van der Waals surface area contributed by atoms with Gasteiger partial charge in [0, 0.05) is 18.2 Å². The lowest BCUT2D eigenvalue weighted by Crippen LogP contribution is -2.23. The largest absolute Gasteiger partial charge is 0.573 e. The molecule has 4 aromatic carbocycles. The Morgan fingerprint density at radius 3 is 1.12 bits per heavy atom. The standard InChI is InChI=1S/C26H28F6O2.C25H27F5O/c27-23-16-22(14-15-24(23)34-26(30,31)32)33-25(28,29)21-12-10-20(11-13-21)19-8-6-18(7-9-19)17-4-2-1-3-5-17;26-22-14-21(15-23(27)24(22)28)31-25(29,30)20-12-10-19(11-13-20)18-8-6-17(7-9-18)16-4-2-1-3-5-16/h10-19H,1-9H2;10-18H,1-9H2. The molecule has 0 bridgehead atoms. The second kappa shape index (κ2) is 21.0. The first-order valence-corrected chi connectivity index (χ1v) is 23.0. The Morgan fingerprint density at radius 2 is 0.738 bits per heavy atom. The molecule has 0 N–H and O–H groups in total. The van der Waals surface area contributed by atoms with Crippen LogP contribution in [-0.4, -0.2) is 6.36 Å². The summed E-state index contributed by atoms with van der Waals surface area (Å²) in [6.07, 6.45) is 9.75. The Labute approximate surface area is 373 Å². The van der Waals surface area contributed by atoms with E-state index in [1.165, 1.54) is 114 Å². The second-order valence-electron chi connectivity index (χ2n) is 18.3. The molecule has 8 rings (SSSR count). The normalized spacial score (nSPS) is 22.7. The van der Waals surface area contributed by atoms with Crippen molar-refractivity contribution in [2.75, 3.05) is 0 Å². The van der Waals surface area contributed by atoms with Gasteiger partial charge in [0.15, 0.2) is 29.0 Å². The first kappa shape index (κ1) is 48.4. The molecule has 0 aliphatic heterocycles. The van der Waals surface area contributed by atoms with E-state index in [4.69, 9.17) is 0 Å². The zero-order chi connectivity index (χ0) is 46.4. The minimum atomic E-state index is -5.09. The highest BCUT2D eigenvalue weighted by atomic mass is 19.4. The average molecular weight is 925 g/mol. The van der Waals surface area contributed by atoms with Crippen LogP contribution in [0.25, 0.3) is 0 Å². The minimum Gasteiger partial charge on any atom is -0.429 e. The first-order valence-electron chi connectivity index (χ1n) is 23.0. The topological polar surface area (TPSA) is 27.7 Å². The van der Waals surface area contributed by atoms with Gasteiger partial charge in [-0.15, -0.1) is 13.2 Å². The van der Waals surface area contributed by atoms with E-state index in [2.05, 4.69) is 14.2 Å². The third kappa shape index (κ3) is 12.9. The zero-order valence-corrected chi connectivity index (χ0v) is 36.1. The fraction of sp³-hybridized carbons (Fsp3) is 0.529. The highest BCUT2D eigenvalue weighted by Crippen LogP contribution is 2.45. The molecule has 0 saturated heterocycles. The molecule has 65 heavy (non-hydrogen) atoms. The number of hydrogen-bond acceptors (Lipinski definition) is 3. The summed E-state index contributed by atoms with van der Waals surface area (Å²) in [6.45, 7) is 0. The number of ether oxygens (including phenoxy) is 3. The van der Waals surface area contributed by atoms with Gasteiger partial charge in [-0.3, -0.25) is 0 Å². The number of rotatable bonds is 11. The van der Waals surface area contributed by atoms with Gasteiger partial charge in [0.25, 0.3) is 0 Å². The highest BCUT2D eigenvalue weighted by Gasteiger charge is 2.38. The van der Waals surface area contributed by atoms with Crippen molar-refractivity contribution in [1.29, 1.82) is 0 Å². The van der Waals surface area contributed by atoms with Gasteiger partial charge in [0.1, 0.15) is 11.5 Å². The first-order chi connectivity index (χ1) is 30.9. The maximum absolute atomic E-state index is 14.6. The molecule has 354 valence electrons. The van der Waals surface area contributed by atoms with Gasteiger partial charge in [-0.2, -0.15) is 17.6 Å². The van der Waals surface area contributed by atoms with Gasteiger partial charge in [0.2, 0.25) is 0 Å². The predicted molar refractivity (Wildman–Crippen MR) is 224 cm³/mol. The summed E-state index contributed by atoms with van der Waals surface area (Å²) in [5, 5.41) is 0. The summed E-state index contributed by atoms with van der Waals surface area (Å²) in [6, 6.07) is 14.5. The van der Waals surface area contributed by atoms with Gasteiger partial charge in [0.05, 0.1) is 11.1 Å². The van der Waals surface area contributed by atoms with Crippen molar-refractivity contribution in [3.05, 3.63) is 124 Å². The molecule has 0 heterocycles. The monoisotopic (exact) mass is 924 g/mol. The Bertz CT molecular complexity index is 2110. The van der Waals surface area contributed by atoms with Crippen LogP contribution in [-0.2, 0) is 12.2 Å². The van der Waals surface area contributed by atoms with Crippen molar-refractivity contribution in [2.45, 2.75) is 146 Å². The summed E-state index contributed by atoms with van der Waals surface area (Å²) in [5.41, 5.74) is 1.21. The smallest absolute Gasteiger partial charge is 0.429 e. The Kier molecular flexibility index (Phi) is 15.6. The SMILES string of the molecule is Fc1cc(OC(F)(F)c2ccc(C3CCC(C4CCCCC4)CC3)cc2)cc(F)c1F.Fc1cc(OC(F)(F)c2ccc(C3CCC(C4CCCCC4)CC3)cc2)ccc1OC(F)(F)F. The Balaban J connectivity index is 0.000000195. The summed E-state index contributed by atoms with van der Waals surface area (Å²) >= 11 is 0. The Hall–Kier alpha value is -4.49. The Morgan fingerprint density at radius 1 is 0.369 bits per heavy atom. The van der Waals surface area contributed by atoms with Gasteiger partial charge >= 0.3 is 18.6 Å². The van der Waals surface area contributed by atoms with E-state index in [1.54, 1.807) is 24.3 Å². The molecule has 4 aromatic rings. The summed E-state index contributed by atoms with van der Waals surface area (Å²) in [4.78, 5) is 0. The maximum Gasteiger partial charge on any atom is 0.573 e. The second-order valence-corrected chi connectivity index (χ2v) is 18.3. The molecule has 3 nitrogen and oxygen atoms in total. The predicted octanol–water partition coefficient (Wildman–Crippen LogP) is 16.8. The summed E-state index contributed by atoms with van der Waals surface area (Å²) < 4.78 is 161. The van der Waals surface area contributed by atoms with E-state index < -0.39 is 70.2 Å². The molecule has 14 heteroatoms. The van der Waals surface area contributed by atoms with Gasteiger partial charge in [-0.25, -0.2) is 17.6 Å². The van der Waals surface area contributed by atoms with E-state index in [0.29, 0.717) is 36.1 Å². The quantitative estimate of drug-likeness (QED) is 0.111. The molecule has 4 fully saturated rings. The van der Waals surface area contributed by atoms with Crippen molar-refractivity contribution >= 4 is 0 Å². The van der Waals surface area contributed by atoms with Crippen molar-refractivity contribution < 1.29 is 62.5 Å². The fourth-order valence-corrected chi connectivity index (χ4v) is 10.7. The van der Waals surface area contributed by atoms with Crippen LogP contribution in [0.5, 0.6) is 17.2 Å². The van der Waals surface area contributed by atoms with E-state index >= 15 is 0 Å². The third-order valence-corrected chi connectivity index (χ3v) is 14.2. The molecule has 0 radical (unpaired) electrons. The van der Waals surface area contributed by atoms with Crippen molar-refractivity contribution in [1.82, 2.24) is 0 Å². The van der Waals surface area contributed by atoms with Crippen LogP contribution >= 0.6 is 0 Å². The van der Waals surface area contributed by atoms with Gasteiger partial charge in [-0.05, 0) is 134 Å². The van der Waals surface area contributed by atoms with Crippen molar-refractivity contribution in [2.24, 2.45) is 23.7 Å². The molecule has 0 spiro atoms. The summed E-state index contributed by atoms with van der Waals surface area (Å²) in [7, 11) is 0. The lowest BCUT2D eigenvalue weighted by atomic mass is 9.70. The number of benzene rings is 4. The van der Waals surface area contributed by atoms with Gasteiger partial charge in [-0.1, -0.05) is 88.5 Å². The molecular weight excluding hydrogens is 870 g/mol. The molecule has 0 unspecified atom stereocenters. The van der Waals surface area contributed by atoms with Crippen LogP contribution < -0.4 is 14.2 Å². The average Bonchev–Trinajstić information content (AvgIpc) is 3.29. The van der Waals surface area contributed by atoms with Crippen LogP contribution in [0.3, 0.4) is 0 Å². The van der Waals surface area contributed by atoms with E-state index in [-0.39, 0.29) is 0 Å². The molecule has 0 aromatic heterocycles. The van der Waals surface area contributed by atoms with Crippen molar-refractivity contribution in [3.63, 3.8) is 0 Å². The van der Waals surface area contributed by atoms with Crippen LogP contribution in [0.15, 0.2) is 78.9 Å². The zero-order valence-electron chi connectivity index (χ0n) is 36.1. The number of halogens is 11. The van der Waals surface area contributed by atoms with Gasteiger partial charge < -0.3 is 14.2 Å². The molecule has 4 saturated carbocycles. The number of alkyl halides is 7. The fourth-order valence-electron chi connectivity index (χ4n) is 10.7. The van der Waals surface area contributed by atoms with Crippen molar-refractivity contribution in [3.8, 4) is 17.2 Å². The minimum absolute atomic E-state index is 0.346. The lowest BCUT2D eigenvalue weighted by molar-refractivity contribution is -0.275. The summed E-state index contributed by atoms with van der Waals surface area (Å²) in [5.74, 6) is -4.85. The van der Waals surface area contributed by atoms with Crippen LogP contribution in [0.1, 0.15) is 150 Å². The highest BCUT2D eigenvalue weighted by molar-refractivity contribution is 5.35. The van der Waals surface area contributed by atoms with Crippen LogP contribution in [0.2, 0.25) is 0 Å². The van der Waals surface area contributed by atoms with E-state index in [1.807, 2.05) is 0 Å². The molecule has 0 amide bonds. The molecule has 4 aliphatic carbocycles. The van der Waals surface area contributed by atoms with E-state index in [9.17, 15) is 48.3 Å². The van der Waals surface area contributed by atoms with Crippen LogP contribution in [0.4, 0.5) is 48.3 Å². The third-order valence-electron chi connectivity index (χ3n) is 14.2.